The van der Waals surface area contributed by atoms with Gasteiger partial charge in [-0.3, -0.25) is 9.59 Å². The van der Waals surface area contributed by atoms with Gasteiger partial charge in [0.15, 0.2) is 0 Å². The van der Waals surface area contributed by atoms with Crippen molar-refractivity contribution in [1.82, 2.24) is 14.7 Å². The Morgan fingerprint density at radius 1 is 0.971 bits per heavy atom. The highest BCUT2D eigenvalue weighted by Gasteiger charge is 2.41. The largest absolute Gasteiger partial charge is 0.493 e. The fourth-order valence-corrected chi connectivity index (χ4v) is 5.46. The fourth-order valence-electron chi connectivity index (χ4n) is 4.91. The Hall–Kier alpha value is -2.09. The van der Waals surface area contributed by atoms with E-state index in [-0.39, 0.29) is 11.8 Å². The zero-order valence-electron chi connectivity index (χ0n) is 20.2. The van der Waals surface area contributed by atoms with Crippen LogP contribution in [0.25, 0.3) is 0 Å². The van der Waals surface area contributed by atoms with Gasteiger partial charge in [-0.1, -0.05) is 45.7 Å². The molecule has 1 atom stereocenters. The number of likely N-dealkylation sites (N-methyl/N-ethyl adjacent to an activating group) is 1. The normalized spacial score (nSPS) is 21.1. The van der Waals surface area contributed by atoms with E-state index >= 15 is 0 Å². The number of nitrogens with zero attached hydrogens (tertiary/aromatic N) is 3. The fraction of sp³-hybridized carbons (Fsp3) is 0.481. The van der Waals surface area contributed by atoms with E-state index in [0.29, 0.717) is 37.6 Å². The lowest BCUT2D eigenvalue weighted by atomic mass is 9.77. The van der Waals surface area contributed by atoms with Crippen molar-refractivity contribution in [1.29, 1.82) is 0 Å². The van der Waals surface area contributed by atoms with Gasteiger partial charge in [0, 0.05) is 60.6 Å². The number of amides is 2. The van der Waals surface area contributed by atoms with Gasteiger partial charge >= 0.3 is 0 Å². The molecule has 2 aliphatic heterocycles. The van der Waals surface area contributed by atoms with E-state index in [0.717, 1.165) is 54.8 Å². The minimum atomic E-state index is -0.429. The van der Waals surface area contributed by atoms with Crippen LogP contribution in [0.15, 0.2) is 53.0 Å². The molecule has 8 heteroatoms. The molecule has 2 saturated heterocycles. The molecule has 4 rings (SSSR count). The molecular weight excluding hydrogens is 530 g/mol. The summed E-state index contributed by atoms with van der Waals surface area (Å²) >= 11 is 9.58. The van der Waals surface area contributed by atoms with Crippen molar-refractivity contribution < 1.29 is 14.3 Å². The molecule has 2 aromatic carbocycles. The maximum atomic E-state index is 13.4. The van der Waals surface area contributed by atoms with Crippen LogP contribution in [0, 0.1) is 5.41 Å². The summed E-state index contributed by atoms with van der Waals surface area (Å²) in [6, 6.07) is 15.1. The number of hydrogen-bond donors (Lipinski definition) is 0. The molecule has 2 fully saturated rings. The molecule has 2 amide bonds. The van der Waals surface area contributed by atoms with Crippen molar-refractivity contribution in [3.8, 4) is 5.75 Å². The smallest absolute Gasteiger partial charge is 0.227 e. The first-order valence-electron chi connectivity index (χ1n) is 12.2. The Bertz CT molecular complexity index is 1030. The summed E-state index contributed by atoms with van der Waals surface area (Å²) < 4.78 is 7.13. The molecule has 2 aliphatic rings. The van der Waals surface area contributed by atoms with Crippen molar-refractivity contribution in [2.24, 2.45) is 5.41 Å². The minimum Gasteiger partial charge on any atom is -0.493 e. The SMILES string of the molecule is CN1CCN(C(=O)C[C@]2(COc3ccc(Cl)cc3)CCCN(C(=O)Cc3ccccc3Br)C2)CC1. The average Bonchev–Trinajstić information content (AvgIpc) is 2.85. The predicted octanol–water partition coefficient (Wildman–Crippen LogP) is 4.50. The number of likely N-dealkylation sites (tertiary alicyclic amines) is 1. The molecule has 0 spiro atoms. The van der Waals surface area contributed by atoms with Crippen LogP contribution in [-0.4, -0.2) is 79.4 Å². The van der Waals surface area contributed by atoms with E-state index in [1.807, 2.05) is 46.2 Å². The lowest BCUT2D eigenvalue weighted by Gasteiger charge is -2.43. The van der Waals surface area contributed by atoms with Crippen molar-refractivity contribution in [3.63, 3.8) is 0 Å². The van der Waals surface area contributed by atoms with Crippen LogP contribution in [0.2, 0.25) is 5.02 Å². The van der Waals surface area contributed by atoms with E-state index < -0.39 is 5.41 Å². The van der Waals surface area contributed by atoms with Crippen LogP contribution >= 0.6 is 27.5 Å². The van der Waals surface area contributed by atoms with Crippen LogP contribution in [0.3, 0.4) is 0 Å². The maximum absolute atomic E-state index is 13.4. The van der Waals surface area contributed by atoms with E-state index in [1.54, 1.807) is 12.1 Å². The number of benzene rings is 2. The number of carbonyl (C=O) groups excluding carboxylic acids is 2. The van der Waals surface area contributed by atoms with Crippen LogP contribution in [-0.2, 0) is 16.0 Å². The molecule has 0 N–H and O–H groups in total. The Labute approximate surface area is 221 Å². The molecule has 0 unspecified atom stereocenters. The summed E-state index contributed by atoms with van der Waals surface area (Å²) in [5, 5.41) is 0.652. The van der Waals surface area contributed by atoms with Gasteiger partial charge in [-0.25, -0.2) is 0 Å². The van der Waals surface area contributed by atoms with Crippen molar-refractivity contribution in [2.75, 3.05) is 52.9 Å². The monoisotopic (exact) mass is 561 g/mol. The second-order valence-electron chi connectivity index (χ2n) is 9.79. The molecule has 35 heavy (non-hydrogen) atoms. The highest BCUT2D eigenvalue weighted by atomic mass is 79.9. The number of piperazine rings is 1. The molecule has 0 aromatic heterocycles. The van der Waals surface area contributed by atoms with E-state index in [4.69, 9.17) is 16.3 Å². The van der Waals surface area contributed by atoms with Gasteiger partial charge < -0.3 is 19.4 Å². The van der Waals surface area contributed by atoms with Gasteiger partial charge in [0.25, 0.3) is 0 Å². The highest BCUT2D eigenvalue weighted by Crippen LogP contribution is 2.36. The van der Waals surface area contributed by atoms with Gasteiger partial charge in [-0.05, 0) is 55.8 Å². The summed E-state index contributed by atoms with van der Waals surface area (Å²) in [6.07, 6.45) is 2.41. The number of hydrogen-bond acceptors (Lipinski definition) is 4. The molecule has 188 valence electrons. The first-order chi connectivity index (χ1) is 16.8. The van der Waals surface area contributed by atoms with Gasteiger partial charge in [0.2, 0.25) is 11.8 Å². The summed E-state index contributed by atoms with van der Waals surface area (Å²) in [7, 11) is 2.08. The molecule has 0 radical (unpaired) electrons. The van der Waals surface area contributed by atoms with Crippen LogP contribution in [0.1, 0.15) is 24.8 Å². The van der Waals surface area contributed by atoms with Crippen LogP contribution in [0.4, 0.5) is 0 Å². The van der Waals surface area contributed by atoms with Gasteiger partial charge in [-0.15, -0.1) is 0 Å². The molecular formula is C27H33BrClN3O3. The number of carbonyl (C=O) groups is 2. The number of halogens is 2. The first-order valence-corrected chi connectivity index (χ1v) is 13.4. The highest BCUT2D eigenvalue weighted by molar-refractivity contribution is 9.10. The lowest BCUT2D eigenvalue weighted by Crippen LogP contribution is -2.53. The maximum Gasteiger partial charge on any atom is 0.227 e. The van der Waals surface area contributed by atoms with Crippen LogP contribution < -0.4 is 4.74 Å². The molecule has 0 aliphatic carbocycles. The summed E-state index contributed by atoms with van der Waals surface area (Å²) in [4.78, 5) is 32.8. The summed E-state index contributed by atoms with van der Waals surface area (Å²) in [5.41, 5.74) is 0.543. The zero-order chi connectivity index (χ0) is 24.8. The Morgan fingerprint density at radius 2 is 1.69 bits per heavy atom. The number of rotatable bonds is 7. The quantitative estimate of drug-likeness (QED) is 0.499. The van der Waals surface area contributed by atoms with E-state index in [1.165, 1.54) is 0 Å². The van der Waals surface area contributed by atoms with Gasteiger partial charge in [0.05, 0.1) is 13.0 Å². The standard InChI is InChI=1S/C27H33BrClN3O3/c1-30-13-15-31(16-14-30)26(34)18-27(20-35-23-9-7-22(29)8-10-23)11-4-12-32(19-27)25(33)17-21-5-2-3-6-24(21)28/h2-3,5-10H,4,11-20H2,1H3/t27-/m1/s1. The average molecular weight is 563 g/mol. The van der Waals surface area contributed by atoms with Crippen molar-refractivity contribution in [2.45, 2.75) is 25.7 Å². The Balaban J connectivity index is 1.49. The third-order valence-corrected chi connectivity index (χ3v) is 8.08. The Morgan fingerprint density at radius 3 is 2.40 bits per heavy atom. The first kappa shape index (κ1) is 26.0. The van der Waals surface area contributed by atoms with E-state index in [2.05, 4.69) is 27.9 Å². The second kappa shape index (κ2) is 11.8. The molecule has 2 aromatic rings. The van der Waals surface area contributed by atoms with Gasteiger partial charge in [-0.2, -0.15) is 0 Å². The predicted molar refractivity (Wildman–Crippen MR) is 142 cm³/mol. The molecule has 2 heterocycles. The zero-order valence-corrected chi connectivity index (χ0v) is 22.6. The van der Waals surface area contributed by atoms with Gasteiger partial charge in [0.1, 0.15) is 5.75 Å². The Kier molecular flexibility index (Phi) is 8.73. The van der Waals surface area contributed by atoms with Crippen molar-refractivity contribution >= 4 is 39.3 Å². The topological polar surface area (TPSA) is 53.1 Å². The second-order valence-corrected chi connectivity index (χ2v) is 11.1. The molecule has 6 nitrogen and oxygen atoms in total. The van der Waals surface area contributed by atoms with E-state index in [9.17, 15) is 9.59 Å². The molecule has 0 saturated carbocycles. The van der Waals surface area contributed by atoms with Crippen molar-refractivity contribution in [3.05, 3.63) is 63.6 Å². The third-order valence-electron chi connectivity index (χ3n) is 7.05. The number of ether oxygens (including phenoxy) is 1. The minimum absolute atomic E-state index is 0.0829. The third kappa shape index (κ3) is 6.99. The summed E-state index contributed by atoms with van der Waals surface area (Å²) in [6.45, 7) is 4.86. The number of piperidine rings is 1. The molecule has 0 bridgehead atoms. The van der Waals surface area contributed by atoms with Crippen LogP contribution in [0.5, 0.6) is 5.75 Å². The summed E-state index contributed by atoms with van der Waals surface area (Å²) in [5.74, 6) is 0.954. The lowest BCUT2D eigenvalue weighted by molar-refractivity contribution is -0.142.